The van der Waals surface area contributed by atoms with Gasteiger partial charge in [0.15, 0.2) is 0 Å². The normalized spacial score (nSPS) is 14.7. The monoisotopic (exact) mass is 238 g/mol. The maximum Gasteiger partial charge on any atom is 0.602 e. The van der Waals surface area contributed by atoms with E-state index in [1.165, 1.54) is 11.1 Å². The first kappa shape index (κ1) is 11.2. The van der Waals surface area contributed by atoms with E-state index in [4.69, 9.17) is 9.31 Å². The highest BCUT2D eigenvalue weighted by Crippen LogP contribution is 2.36. The van der Waals surface area contributed by atoms with E-state index in [2.05, 4.69) is 38.1 Å². The van der Waals surface area contributed by atoms with E-state index in [1.54, 1.807) is 0 Å². The molecule has 2 aromatic rings. The van der Waals surface area contributed by atoms with E-state index >= 15 is 0 Å². The minimum atomic E-state index is -0.231. The molecule has 1 heterocycles. The molecule has 0 saturated heterocycles. The molecule has 2 nitrogen and oxygen atoms in total. The Morgan fingerprint density at radius 2 is 1.44 bits per heavy atom. The highest BCUT2D eigenvalue weighted by Gasteiger charge is 2.38. The summed E-state index contributed by atoms with van der Waals surface area (Å²) >= 11 is 0. The molecular weight excluding hydrogens is 223 g/mol. The topological polar surface area (TPSA) is 18.5 Å². The van der Waals surface area contributed by atoms with Crippen molar-refractivity contribution in [2.75, 3.05) is 0 Å². The predicted octanol–water partition coefficient (Wildman–Crippen LogP) is 3.60. The second-order valence-corrected chi connectivity index (χ2v) is 4.75. The smallest absolute Gasteiger partial charge is 0.523 e. The third kappa shape index (κ3) is 1.97. The average molecular weight is 238 g/mol. The van der Waals surface area contributed by atoms with Crippen molar-refractivity contribution in [1.29, 1.82) is 0 Å². The number of para-hydroxylation sites is 2. The van der Waals surface area contributed by atoms with Gasteiger partial charge in [0.25, 0.3) is 0 Å². The fraction of sp³-hybridized carbons (Fsp3) is 0.200. The Kier molecular flexibility index (Phi) is 2.75. The Morgan fingerprint density at radius 1 is 0.889 bits per heavy atom. The summed E-state index contributed by atoms with van der Waals surface area (Å²) in [5, 5.41) is 0. The molecule has 0 unspecified atom stereocenters. The van der Waals surface area contributed by atoms with Crippen LogP contribution in [0.15, 0.2) is 48.5 Å². The number of benzene rings is 2. The quantitative estimate of drug-likeness (QED) is 0.744. The van der Waals surface area contributed by atoms with Crippen molar-refractivity contribution in [3.05, 3.63) is 59.7 Å². The fourth-order valence-electron chi connectivity index (χ4n) is 2.15. The summed E-state index contributed by atoms with van der Waals surface area (Å²) < 4.78 is 11.7. The first-order chi connectivity index (χ1) is 8.74. The van der Waals surface area contributed by atoms with Gasteiger partial charge in [0, 0.05) is 5.82 Å². The van der Waals surface area contributed by atoms with E-state index in [0.717, 1.165) is 11.5 Å². The lowest BCUT2D eigenvalue weighted by Gasteiger charge is -2.13. The van der Waals surface area contributed by atoms with E-state index in [-0.39, 0.29) is 12.9 Å². The van der Waals surface area contributed by atoms with Crippen LogP contribution in [0.25, 0.3) is 0 Å². The molecule has 1 aliphatic heterocycles. The van der Waals surface area contributed by atoms with Crippen molar-refractivity contribution >= 4 is 7.12 Å². The zero-order valence-corrected chi connectivity index (χ0v) is 10.6. The van der Waals surface area contributed by atoms with Gasteiger partial charge in [-0.3, -0.25) is 0 Å². The first-order valence-corrected chi connectivity index (χ1v) is 6.23. The summed E-state index contributed by atoms with van der Waals surface area (Å²) in [6.07, 6.45) is 0. The van der Waals surface area contributed by atoms with Crippen LogP contribution in [-0.4, -0.2) is 7.12 Å². The van der Waals surface area contributed by atoms with Crippen molar-refractivity contribution in [3.8, 4) is 11.5 Å². The van der Waals surface area contributed by atoms with Gasteiger partial charge in [-0.05, 0) is 24.6 Å². The van der Waals surface area contributed by atoms with Crippen LogP contribution >= 0.6 is 0 Å². The molecule has 2 aromatic carbocycles. The van der Waals surface area contributed by atoms with E-state index < -0.39 is 0 Å². The van der Waals surface area contributed by atoms with Gasteiger partial charge >= 0.3 is 7.12 Å². The van der Waals surface area contributed by atoms with Crippen LogP contribution in [0.4, 0.5) is 0 Å². The molecule has 0 amide bonds. The van der Waals surface area contributed by atoms with Crippen LogP contribution in [0.2, 0.25) is 0 Å². The Hall–Kier alpha value is -1.90. The predicted molar refractivity (Wildman–Crippen MR) is 73.0 cm³/mol. The molecule has 0 aliphatic carbocycles. The highest BCUT2D eigenvalue weighted by molar-refractivity contribution is 6.49. The van der Waals surface area contributed by atoms with Gasteiger partial charge in [-0.25, -0.2) is 0 Å². The fourth-order valence-corrected chi connectivity index (χ4v) is 2.15. The molecule has 0 bridgehead atoms. The summed E-state index contributed by atoms with van der Waals surface area (Å²) in [4.78, 5) is 0. The summed E-state index contributed by atoms with van der Waals surface area (Å²) in [5.74, 6) is 1.88. The molecule has 3 heteroatoms. The van der Waals surface area contributed by atoms with Crippen molar-refractivity contribution in [2.24, 2.45) is 0 Å². The van der Waals surface area contributed by atoms with Gasteiger partial charge in [0.1, 0.15) is 11.5 Å². The standard InChI is InChI=1S/C15H15BO2/c1-11-7-9-13(10-8-11)12(2)16-17-14-5-3-4-6-15(14)18-16/h3-10,12H,1-2H3/t12-/m1/s1. The number of hydrogen-bond donors (Lipinski definition) is 0. The lowest BCUT2D eigenvalue weighted by molar-refractivity contribution is 0.480. The molecule has 0 aromatic heterocycles. The maximum atomic E-state index is 5.83. The molecule has 3 rings (SSSR count). The molecule has 0 saturated carbocycles. The largest absolute Gasteiger partial charge is 0.602 e. The molecule has 1 atom stereocenters. The molecule has 0 spiro atoms. The summed E-state index contributed by atoms with van der Waals surface area (Å²) in [6, 6.07) is 16.3. The van der Waals surface area contributed by atoms with Crippen LogP contribution in [-0.2, 0) is 0 Å². The average Bonchev–Trinajstić information content (AvgIpc) is 2.82. The van der Waals surface area contributed by atoms with Gasteiger partial charge in [0.05, 0.1) is 0 Å². The summed E-state index contributed by atoms with van der Waals surface area (Å²) in [5.41, 5.74) is 2.50. The number of hydrogen-bond acceptors (Lipinski definition) is 2. The molecule has 90 valence electrons. The molecular formula is C15H15BO2. The van der Waals surface area contributed by atoms with Gasteiger partial charge in [0.2, 0.25) is 0 Å². The molecule has 0 radical (unpaired) electrons. The first-order valence-electron chi connectivity index (χ1n) is 6.23. The lowest BCUT2D eigenvalue weighted by Crippen LogP contribution is -2.31. The van der Waals surface area contributed by atoms with Gasteiger partial charge < -0.3 is 9.31 Å². The van der Waals surface area contributed by atoms with Crippen molar-refractivity contribution in [1.82, 2.24) is 0 Å². The Labute approximate surface area is 108 Å². The van der Waals surface area contributed by atoms with Crippen molar-refractivity contribution in [3.63, 3.8) is 0 Å². The minimum absolute atomic E-state index is 0.206. The van der Waals surface area contributed by atoms with Gasteiger partial charge in [-0.1, -0.05) is 48.9 Å². The van der Waals surface area contributed by atoms with E-state index in [9.17, 15) is 0 Å². The van der Waals surface area contributed by atoms with E-state index in [1.807, 2.05) is 24.3 Å². The number of aryl methyl sites for hydroxylation is 1. The van der Waals surface area contributed by atoms with Crippen LogP contribution in [0.5, 0.6) is 11.5 Å². The SMILES string of the molecule is Cc1ccc([C@@H](C)B2Oc3ccccc3O2)cc1. The number of rotatable bonds is 2. The minimum Gasteiger partial charge on any atom is -0.523 e. The zero-order chi connectivity index (χ0) is 12.5. The molecule has 18 heavy (non-hydrogen) atoms. The summed E-state index contributed by atoms with van der Waals surface area (Å²) in [7, 11) is -0.231. The zero-order valence-electron chi connectivity index (χ0n) is 10.6. The third-order valence-electron chi connectivity index (χ3n) is 3.35. The Bertz CT molecular complexity index is 526. The van der Waals surface area contributed by atoms with Gasteiger partial charge in [-0.2, -0.15) is 0 Å². The van der Waals surface area contributed by atoms with Crippen LogP contribution in [0, 0.1) is 6.92 Å². The number of fused-ring (bicyclic) bond motifs is 1. The lowest BCUT2D eigenvalue weighted by atomic mass is 9.69. The second-order valence-electron chi connectivity index (χ2n) is 4.75. The Balaban J connectivity index is 1.80. The van der Waals surface area contributed by atoms with Gasteiger partial charge in [-0.15, -0.1) is 0 Å². The maximum absolute atomic E-state index is 5.83. The van der Waals surface area contributed by atoms with Crippen LogP contribution in [0.1, 0.15) is 23.9 Å². The van der Waals surface area contributed by atoms with Crippen molar-refractivity contribution in [2.45, 2.75) is 19.7 Å². The Morgan fingerprint density at radius 3 is 2.00 bits per heavy atom. The van der Waals surface area contributed by atoms with E-state index in [0.29, 0.717) is 0 Å². The van der Waals surface area contributed by atoms with Crippen molar-refractivity contribution < 1.29 is 9.31 Å². The van der Waals surface area contributed by atoms with Crippen LogP contribution in [0.3, 0.4) is 0 Å². The third-order valence-corrected chi connectivity index (χ3v) is 3.35. The summed E-state index contributed by atoms with van der Waals surface area (Å²) in [6.45, 7) is 4.22. The van der Waals surface area contributed by atoms with Crippen LogP contribution < -0.4 is 9.31 Å². The molecule has 0 N–H and O–H groups in total. The second kappa shape index (κ2) is 4.41. The highest BCUT2D eigenvalue weighted by atomic mass is 16.6. The molecule has 1 aliphatic rings. The molecule has 0 fully saturated rings.